The molecule has 0 saturated carbocycles. The molecule has 20 heavy (non-hydrogen) atoms. The molecule has 0 atom stereocenters. The molecule has 0 spiro atoms. The van der Waals surface area contributed by atoms with Crippen LogP contribution in [0.5, 0.6) is 0 Å². The zero-order valence-electron chi connectivity index (χ0n) is 11.3. The quantitative estimate of drug-likeness (QED) is 0.732. The molecule has 0 amide bonds. The summed E-state index contributed by atoms with van der Waals surface area (Å²) in [7, 11) is 1.93. The number of aromatic amines is 1. The summed E-state index contributed by atoms with van der Waals surface area (Å²) in [6, 6.07) is 10.1. The van der Waals surface area contributed by atoms with Crippen molar-refractivity contribution >= 4 is 12.2 Å². The summed E-state index contributed by atoms with van der Waals surface area (Å²) >= 11 is 5.38. The van der Waals surface area contributed by atoms with Gasteiger partial charge in [-0.1, -0.05) is 42.5 Å². The first kappa shape index (κ1) is 12.7. The summed E-state index contributed by atoms with van der Waals surface area (Å²) < 4.78 is 2.51. The number of aryl methyl sites for hydroxylation is 1. The first-order valence-electron chi connectivity index (χ1n) is 6.31. The minimum atomic E-state index is 0.598. The van der Waals surface area contributed by atoms with E-state index in [1.54, 1.807) is 6.20 Å². The van der Waals surface area contributed by atoms with E-state index in [0.717, 1.165) is 22.6 Å². The third-order valence-electron chi connectivity index (χ3n) is 3.25. The van der Waals surface area contributed by atoms with E-state index in [0.29, 0.717) is 10.5 Å². The van der Waals surface area contributed by atoms with E-state index in [1.807, 2.05) is 42.9 Å². The van der Waals surface area contributed by atoms with Crippen LogP contribution in [0.3, 0.4) is 0 Å². The molecule has 4 nitrogen and oxygen atoms in total. The molecule has 2 aromatic heterocycles. The van der Waals surface area contributed by atoms with Gasteiger partial charge >= 0.3 is 0 Å². The lowest BCUT2D eigenvalue weighted by atomic mass is 10.1. The zero-order chi connectivity index (χ0) is 14.1. The lowest BCUT2D eigenvalue weighted by Crippen LogP contribution is -2.01. The Balaban J connectivity index is 2.24. The number of H-pyrrole nitrogens is 1. The minimum Gasteiger partial charge on any atom is -0.336 e. The number of aromatic nitrogens is 4. The maximum absolute atomic E-state index is 5.38. The van der Waals surface area contributed by atoms with Crippen LogP contribution in [0.15, 0.2) is 42.7 Å². The molecule has 100 valence electrons. The van der Waals surface area contributed by atoms with Gasteiger partial charge in [0.05, 0.1) is 5.69 Å². The fraction of sp³-hybridized carbons (Fsp3) is 0.133. The standard InChI is InChI=1S/C15H14N4S/c1-10-12(11-6-4-3-5-7-11)17-13(18-15(10)20)14-16-8-9-19(14)2/h3-9H,1-2H3,(H,17,18,20). The smallest absolute Gasteiger partial charge is 0.176 e. The van der Waals surface area contributed by atoms with Gasteiger partial charge < -0.3 is 9.55 Å². The van der Waals surface area contributed by atoms with Crippen molar-refractivity contribution in [1.29, 1.82) is 0 Å². The molecular formula is C15H14N4S. The van der Waals surface area contributed by atoms with Gasteiger partial charge in [0, 0.05) is 25.0 Å². The SMILES string of the molecule is Cc1c(-c2ccccc2)[nH]c(-c2nccn2C)nc1=S. The highest BCUT2D eigenvalue weighted by molar-refractivity contribution is 7.71. The minimum absolute atomic E-state index is 0.598. The Bertz CT molecular complexity index is 802. The Hall–Kier alpha value is -2.27. The number of imidazole rings is 1. The largest absolute Gasteiger partial charge is 0.336 e. The zero-order valence-corrected chi connectivity index (χ0v) is 12.1. The molecule has 0 saturated heterocycles. The van der Waals surface area contributed by atoms with Gasteiger partial charge in [0.15, 0.2) is 11.6 Å². The van der Waals surface area contributed by atoms with Crippen molar-refractivity contribution in [2.45, 2.75) is 6.92 Å². The molecular weight excluding hydrogens is 268 g/mol. The van der Waals surface area contributed by atoms with Crippen LogP contribution < -0.4 is 0 Å². The fourth-order valence-electron chi connectivity index (χ4n) is 2.13. The predicted molar refractivity (Wildman–Crippen MR) is 81.8 cm³/mol. The summed E-state index contributed by atoms with van der Waals surface area (Å²) in [6.07, 6.45) is 3.63. The van der Waals surface area contributed by atoms with E-state index in [9.17, 15) is 0 Å². The first-order valence-corrected chi connectivity index (χ1v) is 6.71. The van der Waals surface area contributed by atoms with E-state index in [-0.39, 0.29) is 0 Å². The summed E-state index contributed by atoms with van der Waals surface area (Å²) in [5.74, 6) is 1.46. The van der Waals surface area contributed by atoms with E-state index in [2.05, 4.69) is 27.1 Å². The second kappa shape index (κ2) is 5.02. The van der Waals surface area contributed by atoms with Crippen molar-refractivity contribution in [2.75, 3.05) is 0 Å². The Morgan fingerprint density at radius 2 is 1.95 bits per heavy atom. The van der Waals surface area contributed by atoms with Gasteiger partial charge in [-0.05, 0) is 12.5 Å². The first-order chi connectivity index (χ1) is 9.66. The Morgan fingerprint density at radius 1 is 1.20 bits per heavy atom. The Kier molecular flexibility index (Phi) is 3.20. The molecule has 1 aromatic carbocycles. The molecule has 1 N–H and O–H groups in total. The number of nitrogens with one attached hydrogen (secondary N) is 1. The van der Waals surface area contributed by atoms with Gasteiger partial charge in [0.2, 0.25) is 0 Å². The van der Waals surface area contributed by atoms with Crippen LogP contribution in [-0.4, -0.2) is 19.5 Å². The van der Waals surface area contributed by atoms with Gasteiger partial charge in [-0.3, -0.25) is 0 Å². The molecule has 0 unspecified atom stereocenters. The average Bonchev–Trinajstić information content (AvgIpc) is 2.89. The number of benzene rings is 1. The van der Waals surface area contributed by atoms with Gasteiger partial charge in [0.1, 0.15) is 4.64 Å². The van der Waals surface area contributed by atoms with Crippen molar-refractivity contribution in [3.8, 4) is 22.9 Å². The van der Waals surface area contributed by atoms with Crippen molar-refractivity contribution in [1.82, 2.24) is 19.5 Å². The maximum Gasteiger partial charge on any atom is 0.176 e. The van der Waals surface area contributed by atoms with E-state index in [1.165, 1.54) is 0 Å². The fourth-order valence-corrected chi connectivity index (χ4v) is 2.32. The van der Waals surface area contributed by atoms with Crippen LogP contribution in [0.1, 0.15) is 5.56 Å². The van der Waals surface area contributed by atoms with Crippen molar-refractivity contribution in [2.24, 2.45) is 7.05 Å². The molecule has 3 rings (SSSR count). The number of nitrogens with zero attached hydrogens (tertiary/aromatic N) is 3. The number of hydrogen-bond acceptors (Lipinski definition) is 3. The van der Waals surface area contributed by atoms with Gasteiger partial charge in [-0.2, -0.15) is 0 Å². The molecule has 0 fully saturated rings. The van der Waals surface area contributed by atoms with Crippen LogP contribution in [0, 0.1) is 11.6 Å². The molecule has 2 heterocycles. The molecule has 0 radical (unpaired) electrons. The Labute approximate surface area is 122 Å². The van der Waals surface area contributed by atoms with E-state index >= 15 is 0 Å². The maximum atomic E-state index is 5.38. The monoisotopic (exact) mass is 282 g/mol. The van der Waals surface area contributed by atoms with E-state index < -0.39 is 0 Å². The average molecular weight is 282 g/mol. The molecule has 0 bridgehead atoms. The normalized spacial score (nSPS) is 10.7. The van der Waals surface area contributed by atoms with Crippen LogP contribution in [-0.2, 0) is 7.05 Å². The third kappa shape index (κ3) is 2.16. The molecule has 5 heteroatoms. The molecule has 0 aliphatic carbocycles. The van der Waals surface area contributed by atoms with Crippen LogP contribution >= 0.6 is 12.2 Å². The highest BCUT2D eigenvalue weighted by Gasteiger charge is 2.11. The van der Waals surface area contributed by atoms with Crippen LogP contribution in [0.25, 0.3) is 22.9 Å². The Morgan fingerprint density at radius 3 is 2.60 bits per heavy atom. The van der Waals surface area contributed by atoms with Crippen molar-refractivity contribution in [3.05, 3.63) is 52.9 Å². The molecule has 0 aliphatic rings. The topological polar surface area (TPSA) is 46.5 Å². The van der Waals surface area contributed by atoms with Gasteiger partial charge in [0.25, 0.3) is 0 Å². The van der Waals surface area contributed by atoms with Crippen LogP contribution in [0.2, 0.25) is 0 Å². The third-order valence-corrected chi connectivity index (χ3v) is 3.65. The number of hydrogen-bond donors (Lipinski definition) is 1. The van der Waals surface area contributed by atoms with Crippen molar-refractivity contribution < 1.29 is 0 Å². The summed E-state index contributed by atoms with van der Waals surface area (Å²) in [5, 5.41) is 0. The van der Waals surface area contributed by atoms with Gasteiger partial charge in [-0.15, -0.1) is 0 Å². The molecule has 3 aromatic rings. The highest BCUT2D eigenvalue weighted by Crippen LogP contribution is 2.23. The molecule has 0 aliphatic heterocycles. The predicted octanol–water partition coefficient (Wildman–Crippen LogP) is 3.52. The van der Waals surface area contributed by atoms with Crippen LogP contribution in [0.4, 0.5) is 0 Å². The second-order valence-corrected chi connectivity index (χ2v) is 5.01. The summed E-state index contributed by atoms with van der Waals surface area (Å²) in [5.41, 5.74) is 3.06. The van der Waals surface area contributed by atoms with E-state index in [4.69, 9.17) is 12.2 Å². The second-order valence-electron chi connectivity index (χ2n) is 4.62. The highest BCUT2D eigenvalue weighted by atomic mass is 32.1. The number of rotatable bonds is 2. The summed E-state index contributed by atoms with van der Waals surface area (Å²) in [6.45, 7) is 1.98. The summed E-state index contributed by atoms with van der Waals surface area (Å²) in [4.78, 5) is 12.1. The van der Waals surface area contributed by atoms with Gasteiger partial charge in [-0.25, -0.2) is 9.97 Å². The lowest BCUT2D eigenvalue weighted by Gasteiger charge is -2.09. The lowest BCUT2D eigenvalue weighted by molar-refractivity contribution is 0.904. The van der Waals surface area contributed by atoms with Crippen molar-refractivity contribution in [3.63, 3.8) is 0 Å².